The maximum Gasteiger partial charge on any atom is 0.255 e. The van der Waals surface area contributed by atoms with E-state index in [1.807, 2.05) is 90.5 Å². The van der Waals surface area contributed by atoms with Gasteiger partial charge in [0.15, 0.2) is 0 Å². The lowest BCUT2D eigenvalue weighted by molar-refractivity contribution is 0.0925. The van der Waals surface area contributed by atoms with Crippen molar-refractivity contribution in [2.24, 2.45) is 5.92 Å². The first-order chi connectivity index (χ1) is 15.1. The lowest BCUT2D eigenvalue weighted by atomic mass is 9.95. The third-order valence-corrected chi connectivity index (χ3v) is 5.50. The number of carbonyl (C=O) groups excluding carboxylic acids is 1. The molecule has 4 nitrogen and oxygen atoms in total. The number of hydrogen-bond acceptors (Lipinski definition) is 2. The van der Waals surface area contributed by atoms with Crippen molar-refractivity contribution in [3.63, 3.8) is 0 Å². The zero-order valence-corrected chi connectivity index (χ0v) is 18.1. The molecule has 0 bridgehead atoms. The lowest BCUT2D eigenvalue weighted by Crippen LogP contribution is -2.32. The molecule has 0 radical (unpaired) electrons. The largest absolute Gasteiger partial charge is 0.345 e. The summed E-state index contributed by atoms with van der Waals surface area (Å²) >= 11 is 0. The van der Waals surface area contributed by atoms with Gasteiger partial charge in [-0.2, -0.15) is 5.10 Å². The van der Waals surface area contributed by atoms with E-state index >= 15 is 0 Å². The maximum atomic E-state index is 13.6. The summed E-state index contributed by atoms with van der Waals surface area (Å²) in [6, 6.07) is 29.8. The second-order valence-corrected chi connectivity index (χ2v) is 8.03. The van der Waals surface area contributed by atoms with Crippen LogP contribution >= 0.6 is 0 Å². The Hall–Kier alpha value is -3.66. The zero-order valence-electron chi connectivity index (χ0n) is 18.1. The minimum absolute atomic E-state index is 0.0863. The van der Waals surface area contributed by atoms with Crippen molar-refractivity contribution in [3.05, 3.63) is 108 Å². The van der Waals surface area contributed by atoms with E-state index in [9.17, 15) is 4.79 Å². The second kappa shape index (κ2) is 9.00. The summed E-state index contributed by atoms with van der Waals surface area (Å²) in [6.45, 7) is 6.20. The molecule has 156 valence electrons. The Morgan fingerprint density at radius 2 is 1.39 bits per heavy atom. The first-order valence-corrected chi connectivity index (χ1v) is 10.6. The number of para-hydroxylation sites is 1. The predicted molar refractivity (Wildman–Crippen MR) is 125 cm³/mol. The molecule has 0 saturated carbocycles. The monoisotopic (exact) mass is 409 g/mol. The second-order valence-electron chi connectivity index (χ2n) is 8.03. The molecular formula is C27H27N3O. The van der Waals surface area contributed by atoms with Crippen LogP contribution in [0.15, 0.2) is 91.0 Å². The SMILES string of the molecule is Cc1c(C(=O)NC(c2ccccc2)C(C)C)c(-c2ccccc2)nn1-c1ccccc1. The van der Waals surface area contributed by atoms with Gasteiger partial charge >= 0.3 is 0 Å². The number of nitrogens with zero attached hydrogens (tertiary/aromatic N) is 2. The molecule has 0 aliphatic heterocycles. The van der Waals surface area contributed by atoms with Crippen molar-refractivity contribution in [1.82, 2.24) is 15.1 Å². The van der Waals surface area contributed by atoms with Crippen LogP contribution in [0.2, 0.25) is 0 Å². The third kappa shape index (κ3) is 4.29. The van der Waals surface area contributed by atoms with E-state index in [1.165, 1.54) is 0 Å². The molecule has 0 aliphatic carbocycles. The fourth-order valence-corrected chi connectivity index (χ4v) is 3.90. The molecule has 3 aromatic carbocycles. The standard InChI is InChI=1S/C27H27N3O/c1-19(2)25(21-13-7-4-8-14-21)28-27(31)24-20(3)30(23-17-11-6-12-18-23)29-26(24)22-15-9-5-10-16-22/h4-19,25H,1-3H3,(H,28,31). The number of aromatic nitrogens is 2. The van der Waals surface area contributed by atoms with Gasteiger partial charge in [-0.15, -0.1) is 0 Å². The summed E-state index contributed by atoms with van der Waals surface area (Å²) < 4.78 is 1.85. The van der Waals surface area contributed by atoms with Crippen LogP contribution in [0.4, 0.5) is 0 Å². The van der Waals surface area contributed by atoms with Gasteiger partial charge in [0.1, 0.15) is 5.69 Å². The van der Waals surface area contributed by atoms with E-state index in [0.29, 0.717) is 11.3 Å². The minimum Gasteiger partial charge on any atom is -0.345 e. The molecule has 0 aliphatic rings. The van der Waals surface area contributed by atoms with E-state index in [0.717, 1.165) is 22.5 Å². The fraction of sp³-hybridized carbons (Fsp3) is 0.185. The van der Waals surface area contributed by atoms with Crippen molar-refractivity contribution in [3.8, 4) is 16.9 Å². The molecule has 1 N–H and O–H groups in total. The highest BCUT2D eigenvalue weighted by Gasteiger charge is 2.26. The third-order valence-electron chi connectivity index (χ3n) is 5.50. The highest BCUT2D eigenvalue weighted by atomic mass is 16.1. The summed E-state index contributed by atoms with van der Waals surface area (Å²) in [5.41, 5.74) is 5.07. The molecule has 1 amide bonds. The Bertz CT molecular complexity index is 1150. The molecule has 4 heteroatoms. The Labute approximate surface area is 183 Å². The molecule has 1 aromatic heterocycles. The normalized spacial score (nSPS) is 12.0. The Morgan fingerprint density at radius 1 is 0.839 bits per heavy atom. The fourth-order valence-electron chi connectivity index (χ4n) is 3.90. The van der Waals surface area contributed by atoms with E-state index in [4.69, 9.17) is 5.10 Å². The predicted octanol–water partition coefficient (Wildman–Crippen LogP) is 5.97. The van der Waals surface area contributed by atoms with Crippen molar-refractivity contribution in [1.29, 1.82) is 0 Å². The van der Waals surface area contributed by atoms with Crippen LogP contribution < -0.4 is 5.32 Å². The van der Waals surface area contributed by atoms with Crippen molar-refractivity contribution >= 4 is 5.91 Å². The van der Waals surface area contributed by atoms with Crippen LogP contribution in [-0.2, 0) is 0 Å². The Kier molecular flexibility index (Phi) is 5.99. The number of rotatable bonds is 6. The van der Waals surface area contributed by atoms with Gasteiger partial charge in [0.2, 0.25) is 0 Å². The van der Waals surface area contributed by atoms with Gasteiger partial charge in [-0.25, -0.2) is 4.68 Å². The topological polar surface area (TPSA) is 46.9 Å². The van der Waals surface area contributed by atoms with Gasteiger partial charge in [0.05, 0.1) is 23.0 Å². The number of benzene rings is 3. The van der Waals surface area contributed by atoms with Crippen LogP contribution in [0.5, 0.6) is 0 Å². The summed E-state index contributed by atoms with van der Waals surface area (Å²) in [7, 11) is 0. The average Bonchev–Trinajstić information content (AvgIpc) is 3.16. The molecule has 4 rings (SSSR count). The smallest absolute Gasteiger partial charge is 0.255 e. The molecular weight excluding hydrogens is 382 g/mol. The van der Waals surface area contributed by atoms with E-state index < -0.39 is 0 Å². The highest BCUT2D eigenvalue weighted by molar-refractivity contribution is 6.01. The Morgan fingerprint density at radius 3 is 1.97 bits per heavy atom. The van der Waals surface area contributed by atoms with Gasteiger partial charge in [-0.05, 0) is 30.5 Å². The molecule has 0 spiro atoms. The summed E-state index contributed by atoms with van der Waals surface area (Å²) in [6.07, 6.45) is 0. The molecule has 4 aromatic rings. The molecule has 31 heavy (non-hydrogen) atoms. The van der Waals surface area contributed by atoms with Crippen molar-refractivity contribution in [2.75, 3.05) is 0 Å². The van der Waals surface area contributed by atoms with Gasteiger partial charge in [0.25, 0.3) is 5.91 Å². The number of carbonyl (C=O) groups is 1. The first kappa shape index (κ1) is 20.6. The van der Waals surface area contributed by atoms with Gasteiger partial charge in [0, 0.05) is 5.56 Å². The Balaban J connectivity index is 1.79. The summed E-state index contributed by atoms with van der Waals surface area (Å²) in [5, 5.41) is 8.12. The zero-order chi connectivity index (χ0) is 21.8. The first-order valence-electron chi connectivity index (χ1n) is 10.6. The number of nitrogens with one attached hydrogen (secondary N) is 1. The quantitative estimate of drug-likeness (QED) is 0.426. The van der Waals surface area contributed by atoms with Crippen molar-refractivity contribution < 1.29 is 4.79 Å². The summed E-state index contributed by atoms with van der Waals surface area (Å²) in [4.78, 5) is 13.6. The van der Waals surface area contributed by atoms with Crippen LogP contribution in [0.1, 0.15) is 41.5 Å². The van der Waals surface area contributed by atoms with Crippen LogP contribution in [-0.4, -0.2) is 15.7 Å². The number of amides is 1. The lowest BCUT2D eigenvalue weighted by Gasteiger charge is -2.23. The summed E-state index contributed by atoms with van der Waals surface area (Å²) in [5.74, 6) is 0.136. The number of hydrogen-bond donors (Lipinski definition) is 1. The van der Waals surface area contributed by atoms with E-state index in [2.05, 4.69) is 31.3 Å². The average molecular weight is 410 g/mol. The van der Waals surface area contributed by atoms with Crippen molar-refractivity contribution in [2.45, 2.75) is 26.8 Å². The molecule has 1 unspecified atom stereocenters. The van der Waals surface area contributed by atoms with E-state index in [1.54, 1.807) is 0 Å². The maximum absolute atomic E-state index is 13.6. The molecule has 0 fully saturated rings. The minimum atomic E-state index is -0.110. The molecule has 1 heterocycles. The van der Waals surface area contributed by atoms with Crippen LogP contribution in [0, 0.1) is 12.8 Å². The van der Waals surface area contributed by atoms with Gasteiger partial charge in [-0.3, -0.25) is 4.79 Å². The van der Waals surface area contributed by atoms with Gasteiger partial charge in [-0.1, -0.05) is 92.7 Å². The highest BCUT2D eigenvalue weighted by Crippen LogP contribution is 2.29. The van der Waals surface area contributed by atoms with Crippen LogP contribution in [0.3, 0.4) is 0 Å². The van der Waals surface area contributed by atoms with Crippen LogP contribution in [0.25, 0.3) is 16.9 Å². The van der Waals surface area contributed by atoms with E-state index in [-0.39, 0.29) is 17.9 Å². The molecule has 0 saturated heterocycles. The van der Waals surface area contributed by atoms with Gasteiger partial charge < -0.3 is 5.32 Å². The molecule has 1 atom stereocenters.